The van der Waals surface area contributed by atoms with Crippen molar-refractivity contribution in [2.75, 3.05) is 13.2 Å². The zero-order valence-electron chi connectivity index (χ0n) is 8.55. The fraction of sp³-hybridized carbons (Fsp3) is 1.00. The third-order valence-corrected chi connectivity index (χ3v) is 1.82. The Morgan fingerprint density at radius 2 is 1.75 bits per heavy atom. The van der Waals surface area contributed by atoms with Gasteiger partial charge in [0.25, 0.3) is 0 Å². The van der Waals surface area contributed by atoms with E-state index >= 15 is 0 Å². The van der Waals surface area contributed by atoms with Crippen LogP contribution in [0, 0.1) is 5.41 Å². The molecule has 4 nitrogen and oxygen atoms in total. The van der Waals surface area contributed by atoms with Crippen molar-refractivity contribution in [3.8, 4) is 0 Å². The van der Waals surface area contributed by atoms with Crippen molar-refractivity contribution < 1.29 is 9.84 Å². The molecule has 0 spiro atoms. The van der Waals surface area contributed by atoms with Gasteiger partial charge >= 0.3 is 0 Å². The molecule has 0 saturated heterocycles. The van der Waals surface area contributed by atoms with Gasteiger partial charge in [-0.05, 0) is 6.92 Å². The van der Waals surface area contributed by atoms with Crippen LogP contribution in [0.5, 0.6) is 0 Å². The van der Waals surface area contributed by atoms with Crippen LogP contribution in [0.4, 0.5) is 0 Å². The summed E-state index contributed by atoms with van der Waals surface area (Å²) in [6.07, 6.45) is 0. The van der Waals surface area contributed by atoms with E-state index in [0.717, 1.165) is 0 Å². The van der Waals surface area contributed by atoms with Crippen molar-refractivity contribution in [3.63, 3.8) is 0 Å². The first-order valence-corrected chi connectivity index (χ1v) is 3.90. The van der Waals surface area contributed by atoms with E-state index in [9.17, 15) is 5.11 Å². The molecule has 4 heteroatoms. The molecule has 0 heterocycles. The maximum atomic E-state index is 9.63. The predicted molar refractivity (Wildman–Crippen MR) is 50.1 cm³/mol. The standard InChI is InChI=1S/C8H19NO2.H3N/c1-5-11-6-8(9,10)7(2,3)4;/h10H,5-6,9H2,1-4H3;1H3. The Labute approximate surface area is 74.7 Å². The smallest absolute Gasteiger partial charge is 0.141 e. The summed E-state index contributed by atoms with van der Waals surface area (Å²) in [4.78, 5) is 0. The van der Waals surface area contributed by atoms with Gasteiger partial charge in [-0.3, -0.25) is 0 Å². The summed E-state index contributed by atoms with van der Waals surface area (Å²) in [5.41, 5.74) is 4.03. The minimum absolute atomic E-state index is 0. The van der Waals surface area contributed by atoms with Gasteiger partial charge < -0.3 is 21.7 Å². The fourth-order valence-electron chi connectivity index (χ4n) is 0.474. The largest absolute Gasteiger partial charge is 0.377 e. The summed E-state index contributed by atoms with van der Waals surface area (Å²) in [6, 6.07) is 0. The lowest BCUT2D eigenvalue weighted by atomic mass is 9.84. The quantitative estimate of drug-likeness (QED) is 0.559. The van der Waals surface area contributed by atoms with E-state index in [2.05, 4.69) is 0 Å². The SMILES string of the molecule is CCOCC(N)(O)C(C)(C)C.N. The van der Waals surface area contributed by atoms with Crippen LogP contribution in [-0.4, -0.2) is 24.0 Å². The summed E-state index contributed by atoms with van der Waals surface area (Å²) in [5.74, 6) is 0. The third-order valence-electron chi connectivity index (χ3n) is 1.82. The zero-order chi connectivity index (χ0) is 9.12. The van der Waals surface area contributed by atoms with E-state index in [1.54, 1.807) is 0 Å². The second-order valence-electron chi connectivity index (χ2n) is 3.81. The first-order chi connectivity index (χ1) is 4.81. The predicted octanol–water partition coefficient (Wildman–Crippen LogP) is 0.878. The van der Waals surface area contributed by atoms with Crippen LogP contribution in [0.2, 0.25) is 0 Å². The van der Waals surface area contributed by atoms with Crippen molar-refractivity contribution in [2.24, 2.45) is 11.1 Å². The van der Waals surface area contributed by atoms with Crippen LogP contribution >= 0.6 is 0 Å². The Balaban J connectivity index is 0. The molecule has 1 unspecified atom stereocenters. The van der Waals surface area contributed by atoms with E-state index in [-0.39, 0.29) is 18.2 Å². The Morgan fingerprint density at radius 1 is 1.33 bits per heavy atom. The Morgan fingerprint density at radius 3 is 2.00 bits per heavy atom. The zero-order valence-corrected chi connectivity index (χ0v) is 8.55. The average Bonchev–Trinajstić information content (AvgIpc) is 1.81. The fourth-order valence-corrected chi connectivity index (χ4v) is 0.474. The van der Waals surface area contributed by atoms with Gasteiger partial charge in [0.2, 0.25) is 0 Å². The van der Waals surface area contributed by atoms with Crippen molar-refractivity contribution in [2.45, 2.75) is 33.4 Å². The maximum absolute atomic E-state index is 9.63. The number of hydrogen-bond donors (Lipinski definition) is 3. The highest BCUT2D eigenvalue weighted by Crippen LogP contribution is 2.25. The van der Waals surface area contributed by atoms with E-state index in [0.29, 0.717) is 6.61 Å². The molecule has 0 aliphatic heterocycles. The molecule has 0 saturated carbocycles. The lowest BCUT2D eigenvalue weighted by Crippen LogP contribution is -2.55. The van der Waals surface area contributed by atoms with Crippen molar-refractivity contribution in [1.29, 1.82) is 0 Å². The van der Waals surface area contributed by atoms with Crippen molar-refractivity contribution in [1.82, 2.24) is 6.15 Å². The normalized spacial score (nSPS) is 16.5. The van der Waals surface area contributed by atoms with Gasteiger partial charge in [-0.2, -0.15) is 0 Å². The van der Waals surface area contributed by atoms with Gasteiger partial charge in [-0.1, -0.05) is 20.8 Å². The molecular formula is C8H22N2O2. The average molecular weight is 178 g/mol. The molecule has 0 rings (SSSR count). The minimum atomic E-state index is -1.23. The monoisotopic (exact) mass is 178 g/mol. The minimum Gasteiger partial charge on any atom is -0.377 e. The molecule has 0 aliphatic rings. The molecule has 76 valence electrons. The van der Waals surface area contributed by atoms with Crippen LogP contribution in [-0.2, 0) is 4.74 Å². The first kappa shape index (κ1) is 14.4. The number of aliphatic hydroxyl groups is 1. The summed E-state index contributed by atoms with van der Waals surface area (Å²) in [5, 5.41) is 9.63. The summed E-state index contributed by atoms with van der Waals surface area (Å²) in [7, 11) is 0. The number of rotatable bonds is 3. The second kappa shape index (κ2) is 4.77. The van der Waals surface area contributed by atoms with Crippen LogP contribution in [0.3, 0.4) is 0 Å². The summed E-state index contributed by atoms with van der Waals surface area (Å²) in [6.45, 7) is 8.28. The Bertz CT molecular complexity index is 119. The van der Waals surface area contributed by atoms with Crippen LogP contribution < -0.4 is 11.9 Å². The highest BCUT2D eigenvalue weighted by Gasteiger charge is 2.35. The van der Waals surface area contributed by atoms with Crippen molar-refractivity contribution in [3.05, 3.63) is 0 Å². The van der Waals surface area contributed by atoms with Crippen LogP contribution in [0.25, 0.3) is 0 Å². The maximum Gasteiger partial charge on any atom is 0.141 e. The molecule has 0 aromatic heterocycles. The molecule has 0 amide bonds. The molecule has 0 aromatic rings. The van der Waals surface area contributed by atoms with Crippen molar-refractivity contribution >= 4 is 0 Å². The van der Waals surface area contributed by atoms with Gasteiger partial charge in [0.15, 0.2) is 0 Å². The van der Waals surface area contributed by atoms with Gasteiger partial charge in [0.1, 0.15) is 5.72 Å². The molecule has 6 N–H and O–H groups in total. The highest BCUT2D eigenvalue weighted by atomic mass is 16.5. The highest BCUT2D eigenvalue weighted by molar-refractivity contribution is 4.84. The summed E-state index contributed by atoms with van der Waals surface area (Å²) < 4.78 is 5.05. The summed E-state index contributed by atoms with van der Waals surface area (Å²) >= 11 is 0. The van der Waals surface area contributed by atoms with Gasteiger partial charge in [-0.25, -0.2) is 0 Å². The first-order valence-electron chi connectivity index (χ1n) is 3.90. The molecule has 1 atom stereocenters. The number of hydrogen-bond acceptors (Lipinski definition) is 4. The second-order valence-corrected chi connectivity index (χ2v) is 3.81. The van der Waals surface area contributed by atoms with Gasteiger partial charge in [-0.15, -0.1) is 0 Å². The number of ether oxygens (including phenoxy) is 1. The van der Waals surface area contributed by atoms with Crippen LogP contribution in [0.1, 0.15) is 27.7 Å². The molecule has 0 bridgehead atoms. The topological polar surface area (TPSA) is 90.5 Å². The lowest BCUT2D eigenvalue weighted by Gasteiger charge is -2.36. The third kappa shape index (κ3) is 4.01. The van der Waals surface area contributed by atoms with E-state index in [4.69, 9.17) is 10.5 Å². The van der Waals surface area contributed by atoms with Gasteiger partial charge in [0.05, 0.1) is 6.61 Å². The lowest BCUT2D eigenvalue weighted by molar-refractivity contribution is -0.107. The van der Waals surface area contributed by atoms with E-state index in [1.165, 1.54) is 0 Å². The molecule has 0 fully saturated rings. The molecule has 0 aromatic carbocycles. The number of nitrogens with two attached hydrogens (primary N) is 1. The van der Waals surface area contributed by atoms with Gasteiger partial charge in [0, 0.05) is 12.0 Å². The van der Waals surface area contributed by atoms with E-state index < -0.39 is 5.72 Å². The Hall–Kier alpha value is -0.160. The Kier molecular flexibility index (Phi) is 5.71. The molecule has 0 aliphatic carbocycles. The molecule has 0 radical (unpaired) electrons. The van der Waals surface area contributed by atoms with E-state index in [1.807, 2.05) is 27.7 Å². The van der Waals surface area contributed by atoms with Crippen LogP contribution in [0.15, 0.2) is 0 Å². The molecule has 12 heavy (non-hydrogen) atoms. The molecular weight excluding hydrogens is 156 g/mol.